The van der Waals surface area contributed by atoms with E-state index >= 15 is 0 Å². The Bertz CT molecular complexity index is 64.6. The summed E-state index contributed by atoms with van der Waals surface area (Å²) in [4.78, 5) is 9.70. The molecule has 30 valence electrons. The monoisotopic (exact) mass is 118 g/mol. The van der Waals surface area contributed by atoms with Gasteiger partial charge in [-0.25, -0.2) is 0 Å². The van der Waals surface area contributed by atoms with Crippen molar-refractivity contribution in [3.05, 3.63) is 0 Å². The Morgan fingerprint density at radius 3 is 2.17 bits per heavy atom. The van der Waals surface area contributed by atoms with Crippen LogP contribution in [0.25, 0.3) is 0 Å². The van der Waals surface area contributed by atoms with Crippen LogP contribution in [-0.4, -0.2) is 36.6 Å². The number of rotatable bonds is 1. The molecule has 6 heavy (non-hydrogen) atoms. The first-order valence-corrected chi connectivity index (χ1v) is 2.87. The topological polar surface area (TPSA) is 17.1 Å². The molecule has 0 radical (unpaired) electrons. The van der Waals surface area contributed by atoms with Crippen LogP contribution in [0.4, 0.5) is 4.39 Å². The van der Waals surface area contributed by atoms with E-state index in [-0.39, 0.29) is 27.9 Å². The molecule has 0 N–H and O–H groups in total. The molecule has 1 atom stereocenters. The van der Waals surface area contributed by atoms with Crippen LogP contribution in [0.15, 0.2) is 0 Å². The first kappa shape index (κ1) is 6.89. The van der Waals surface area contributed by atoms with Crippen molar-refractivity contribution in [2.45, 2.75) is 5.63 Å². The van der Waals surface area contributed by atoms with Gasteiger partial charge in [-0.3, -0.25) is 0 Å². The second kappa shape index (κ2) is 2.97. The average Bonchev–Trinajstić information content (AvgIpc) is 1.36. The molecule has 0 aromatic rings. The number of hydrogen-bond acceptors (Lipinski definition) is 1. The van der Waals surface area contributed by atoms with Crippen molar-refractivity contribution in [3.63, 3.8) is 0 Å². The summed E-state index contributed by atoms with van der Waals surface area (Å²) in [6, 6.07) is 0. The van der Waals surface area contributed by atoms with Crippen LogP contribution in [0.3, 0.4) is 0 Å². The standard InChI is InChI=1S/C2HClFO.Na/c3-2(4)1-5;/h2H;. The first-order valence-electron chi connectivity index (χ1n) is 1.43. The normalized spacial score (nSPS) is 14.0. The Balaban J connectivity index is 3.26. The van der Waals surface area contributed by atoms with Crippen LogP contribution in [-0.2, 0) is 4.79 Å². The summed E-state index contributed by atoms with van der Waals surface area (Å²) in [5, 5.41) is 0. The zero-order valence-electron chi connectivity index (χ0n) is 3.24. The molecular weight excluding hydrogens is 117 g/mol. The number of carbonyl (C=O) groups is 1. The van der Waals surface area contributed by atoms with Crippen molar-refractivity contribution in [1.82, 2.24) is 0 Å². The second-order valence-electron chi connectivity index (χ2n) is 0.911. The van der Waals surface area contributed by atoms with E-state index in [1.807, 2.05) is 0 Å². The van der Waals surface area contributed by atoms with Crippen molar-refractivity contribution in [1.29, 1.82) is 0 Å². The van der Waals surface area contributed by atoms with Crippen LogP contribution in [0.5, 0.6) is 0 Å². The molecule has 0 aliphatic heterocycles. The molecule has 0 rings (SSSR count). The SMILES string of the molecule is O=[C]([Na])C(F)Cl. The molecule has 0 saturated heterocycles. The van der Waals surface area contributed by atoms with E-state index in [2.05, 4.69) is 11.6 Å². The Kier molecular flexibility index (Phi) is 3.41. The van der Waals surface area contributed by atoms with Gasteiger partial charge < -0.3 is 0 Å². The summed E-state index contributed by atoms with van der Waals surface area (Å²) >= 11 is 4.84. The Morgan fingerprint density at radius 1 is 2.00 bits per heavy atom. The van der Waals surface area contributed by atoms with E-state index in [0.29, 0.717) is 0 Å². The van der Waals surface area contributed by atoms with E-state index in [4.69, 9.17) is 0 Å². The van der Waals surface area contributed by atoms with Gasteiger partial charge in [0.25, 0.3) is 0 Å². The van der Waals surface area contributed by atoms with Crippen LogP contribution in [0.2, 0.25) is 0 Å². The van der Waals surface area contributed by atoms with Crippen LogP contribution in [0.1, 0.15) is 0 Å². The first-order chi connectivity index (χ1) is 2.64. The summed E-state index contributed by atoms with van der Waals surface area (Å²) in [6.45, 7) is 0. The maximum absolute atomic E-state index is 11.3. The predicted octanol–water partition coefficient (Wildman–Crippen LogP) is 0.216. The van der Waals surface area contributed by atoms with Crippen LogP contribution < -0.4 is 0 Å². The molecule has 0 fully saturated rings. The summed E-state index contributed by atoms with van der Waals surface area (Å²) in [6.07, 6.45) is 0. The summed E-state index contributed by atoms with van der Waals surface area (Å²) in [5.41, 5.74) is -1.75. The van der Waals surface area contributed by atoms with Gasteiger partial charge in [0.05, 0.1) is 0 Å². The van der Waals surface area contributed by atoms with Gasteiger partial charge in [-0.1, -0.05) is 0 Å². The Labute approximate surface area is 57.3 Å². The van der Waals surface area contributed by atoms with Crippen molar-refractivity contribution >= 4 is 42.6 Å². The quantitative estimate of drug-likeness (QED) is 0.356. The van der Waals surface area contributed by atoms with Crippen molar-refractivity contribution in [2.75, 3.05) is 0 Å². The third kappa shape index (κ3) is 3.09. The zero-order chi connectivity index (χ0) is 5.15. The number of hydrogen-bond donors (Lipinski definition) is 0. The molecule has 0 saturated carbocycles. The third-order valence-electron chi connectivity index (χ3n) is 0.307. The maximum atomic E-state index is 11.3. The molecule has 1 nitrogen and oxygen atoms in total. The van der Waals surface area contributed by atoms with E-state index in [1.165, 1.54) is 0 Å². The number of alkyl halides is 2. The van der Waals surface area contributed by atoms with Gasteiger partial charge in [-0.15, -0.1) is 0 Å². The number of carbonyl (C=O) groups excluding carboxylic acids is 1. The fraction of sp³-hybridized carbons (Fsp3) is 0.500. The molecule has 0 aromatic carbocycles. The summed E-state index contributed by atoms with van der Waals surface area (Å²) in [5.74, 6) is 0. The fourth-order valence-electron chi connectivity index (χ4n) is 0. The molecular formula is C2HClFNaO. The van der Waals surface area contributed by atoms with Crippen molar-refractivity contribution in [2.24, 2.45) is 0 Å². The van der Waals surface area contributed by atoms with Gasteiger partial charge in [0, 0.05) is 0 Å². The van der Waals surface area contributed by atoms with E-state index in [0.717, 1.165) is 0 Å². The third-order valence-corrected chi connectivity index (χ3v) is 1.49. The second-order valence-corrected chi connectivity index (χ2v) is 2.28. The van der Waals surface area contributed by atoms with Crippen molar-refractivity contribution in [3.8, 4) is 0 Å². The Morgan fingerprint density at radius 2 is 2.17 bits per heavy atom. The van der Waals surface area contributed by atoms with Gasteiger partial charge in [-0.05, 0) is 0 Å². The molecule has 0 heterocycles. The predicted molar refractivity (Wildman–Crippen MR) is 21.5 cm³/mol. The van der Waals surface area contributed by atoms with E-state index in [9.17, 15) is 9.18 Å². The minimum atomic E-state index is -1.75. The zero-order valence-corrected chi connectivity index (χ0v) is 6.00. The summed E-state index contributed by atoms with van der Waals surface area (Å²) < 4.78 is 10.8. The molecule has 0 aliphatic rings. The summed E-state index contributed by atoms with van der Waals surface area (Å²) in [7, 11) is 0. The van der Waals surface area contributed by atoms with Gasteiger partial charge in [0.15, 0.2) is 0 Å². The molecule has 1 unspecified atom stereocenters. The molecule has 0 bridgehead atoms. The van der Waals surface area contributed by atoms with Gasteiger partial charge in [0.1, 0.15) is 0 Å². The average molecular weight is 118 g/mol. The Hall–Kier alpha value is 0.890. The fourth-order valence-corrected chi connectivity index (χ4v) is 0. The number of halogens is 2. The molecule has 0 aromatic heterocycles. The van der Waals surface area contributed by atoms with Crippen LogP contribution >= 0.6 is 11.6 Å². The van der Waals surface area contributed by atoms with E-state index in [1.54, 1.807) is 0 Å². The minimum absolute atomic E-state index is 0.208. The molecule has 0 amide bonds. The van der Waals surface area contributed by atoms with Gasteiger partial charge >= 0.3 is 57.4 Å². The molecule has 0 aliphatic carbocycles. The molecule has 0 spiro atoms. The van der Waals surface area contributed by atoms with E-state index < -0.39 is 8.66 Å². The van der Waals surface area contributed by atoms with Gasteiger partial charge in [0.2, 0.25) is 0 Å². The van der Waals surface area contributed by atoms with Crippen molar-refractivity contribution < 1.29 is 9.18 Å². The molecule has 4 heteroatoms. The van der Waals surface area contributed by atoms with Gasteiger partial charge in [-0.2, -0.15) is 0 Å². The van der Waals surface area contributed by atoms with Crippen LogP contribution in [0, 0.1) is 0 Å².